The van der Waals surface area contributed by atoms with Crippen LogP contribution in [0, 0.1) is 5.82 Å². The summed E-state index contributed by atoms with van der Waals surface area (Å²) in [7, 11) is 3.79. The van der Waals surface area contributed by atoms with Crippen molar-refractivity contribution < 1.29 is 4.39 Å². The van der Waals surface area contributed by atoms with Crippen molar-refractivity contribution >= 4 is 23.0 Å². The summed E-state index contributed by atoms with van der Waals surface area (Å²) in [5.41, 5.74) is 2.87. The van der Waals surface area contributed by atoms with Crippen LogP contribution in [-0.2, 0) is 6.54 Å². The molecule has 0 fully saturated rings. The van der Waals surface area contributed by atoms with Gasteiger partial charge in [0.2, 0.25) is 0 Å². The first-order chi connectivity index (χ1) is 9.11. The molecule has 0 aliphatic rings. The van der Waals surface area contributed by atoms with Crippen LogP contribution in [0.25, 0.3) is 0 Å². The quantitative estimate of drug-likeness (QED) is 0.910. The molecule has 4 heteroatoms. The largest absolute Gasteiger partial charge is 0.344 e. The maximum atomic E-state index is 13.3. The normalized spacial score (nSPS) is 10.5. The van der Waals surface area contributed by atoms with Gasteiger partial charge in [-0.2, -0.15) is 0 Å². The van der Waals surface area contributed by atoms with Gasteiger partial charge in [-0.1, -0.05) is 23.7 Å². The van der Waals surface area contributed by atoms with E-state index in [0.717, 1.165) is 23.5 Å². The molecule has 0 bridgehead atoms. The summed E-state index contributed by atoms with van der Waals surface area (Å²) in [6, 6.07) is 12.2. The molecule has 0 saturated carbocycles. The molecule has 0 spiro atoms. The number of nitrogens with one attached hydrogen (secondary N) is 1. The van der Waals surface area contributed by atoms with Gasteiger partial charge in [0.15, 0.2) is 0 Å². The van der Waals surface area contributed by atoms with Crippen LogP contribution in [0.1, 0.15) is 5.56 Å². The summed E-state index contributed by atoms with van der Waals surface area (Å²) in [6.45, 7) is 0.728. The van der Waals surface area contributed by atoms with Gasteiger partial charge in [-0.3, -0.25) is 0 Å². The first kappa shape index (κ1) is 13.8. The van der Waals surface area contributed by atoms with E-state index in [0.29, 0.717) is 5.02 Å². The Morgan fingerprint density at radius 2 is 2.00 bits per heavy atom. The Hall–Kier alpha value is -1.58. The number of halogens is 2. The molecule has 0 heterocycles. The van der Waals surface area contributed by atoms with Gasteiger partial charge in [0.25, 0.3) is 0 Å². The van der Waals surface area contributed by atoms with Crippen molar-refractivity contribution in [1.29, 1.82) is 0 Å². The first-order valence-electron chi connectivity index (χ1n) is 6.04. The molecule has 0 aliphatic heterocycles. The van der Waals surface area contributed by atoms with Gasteiger partial charge in [0.1, 0.15) is 5.82 Å². The molecule has 0 saturated heterocycles. The summed E-state index contributed by atoms with van der Waals surface area (Å²) >= 11 is 6.06. The van der Waals surface area contributed by atoms with Crippen LogP contribution in [0.5, 0.6) is 0 Å². The summed E-state index contributed by atoms with van der Waals surface area (Å²) < 4.78 is 13.3. The predicted octanol–water partition coefficient (Wildman–Crippen LogP) is 3.97. The molecule has 0 aromatic heterocycles. The number of anilines is 2. The molecule has 0 unspecified atom stereocenters. The third kappa shape index (κ3) is 3.25. The number of benzene rings is 2. The second-order valence-corrected chi connectivity index (χ2v) is 4.78. The summed E-state index contributed by atoms with van der Waals surface area (Å²) in [4.78, 5) is 1.93. The van der Waals surface area contributed by atoms with Crippen LogP contribution < -0.4 is 10.2 Å². The van der Waals surface area contributed by atoms with Gasteiger partial charge in [0.05, 0.1) is 0 Å². The fourth-order valence-electron chi connectivity index (χ4n) is 2.01. The van der Waals surface area contributed by atoms with Crippen molar-refractivity contribution in [2.75, 3.05) is 19.0 Å². The number of nitrogens with zero attached hydrogens (tertiary/aromatic N) is 1. The molecule has 2 nitrogen and oxygen atoms in total. The highest BCUT2D eigenvalue weighted by molar-refractivity contribution is 6.30. The highest BCUT2D eigenvalue weighted by atomic mass is 35.5. The van der Waals surface area contributed by atoms with Crippen LogP contribution >= 0.6 is 11.6 Å². The van der Waals surface area contributed by atoms with Gasteiger partial charge < -0.3 is 10.2 Å². The minimum absolute atomic E-state index is 0.249. The molecule has 0 atom stereocenters. The van der Waals surface area contributed by atoms with Crippen LogP contribution in [0.3, 0.4) is 0 Å². The maximum Gasteiger partial charge on any atom is 0.125 e. The minimum atomic E-state index is -0.249. The van der Waals surface area contributed by atoms with Crippen LogP contribution in [0.15, 0.2) is 42.5 Å². The van der Waals surface area contributed by atoms with Crippen LogP contribution in [-0.4, -0.2) is 14.1 Å². The maximum absolute atomic E-state index is 13.3. The lowest BCUT2D eigenvalue weighted by atomic mass is 10.1. The standard InChI is InChI=1S/C15H16ClFN2/c1-18-10-11-6-7-12(16)8-15(11)19(2)14-5-3-4-13(17)9-14/h3-9,18H,10H2,1-2H3. The van der Waals surface area contributed by atoms with Gasteiger partial charge in [-0.15, -0.1) is 0 Å². The molecule has 2 aromatic rings. The van der Waals surface area contributed by atoms with Crippen LogP contribution in [0.4, 0.5) is 15.8 Å². The average molecular weight is 279 g/mol. The molecule has 0 amide bonds. The van der Waals surface area contributed by atoms with Crippen molar-refractivity contribution in [3.8, 4) is 0 Å². The Bertz CT molecular complexity index is 572. The lowest BCUT2D eigenvalue weighted by molar-refractivity contribution is 0.628. The van der Waals surface area contributed by atoms with Crippen molar-refractivity contribution in [2.45, 2.75) is 6.54 Å². The van der Waals surface area contributed by atoms with E-state index in [2.05, 4.69) is 5.32 Å². The van der Waals surface area contributed by atoms with E-state index >= 15 is 0 Å². The molecule has 2 rings (SSSR count). The molecule has 19 heavy (non-hydrogen) atoms. The van der Waals surface area contributed by atoms with Crippen molar-refractivity contribution in [2.24, 2.45) is 0 Å². The molecular weight excluding hydrogens is 263 g/mol. The molecule has 0 radical (unpaired) electrons. The Morgan fingerprint density at radius 3 is 2.68 bits per heavy atom. The SMILES string of the molecule is CNCc1ccc(Cl)cc1N(C)c1cccc(F)c1. The number of rotatable bonds is 4. The third-order valence-electron chi connectivity index (χ3n) is 2.97. The Balaban J connectivity index is 2.42. The van der Waals surface area contributed by atoms with E-state index in [4.69, 9.17) is 11.6 Å². The zero-order valence-corrected chi connectivity index (χ0v) is 11.7. The summed E-state index contributed by atoms with van der Waals surface area (Å²) in [5.74, 6) is -0.249. The molecule has 0 aliphatic carbocycles. The number of hydrogen-bond acceptors (Lipinski definition) is 2. The summed E-state index contributed by atoms with van der Waals surface area (Å²) in [6.07, 6.45) is 0. The van der Waals surface area contributed by atoms with Crippen molar-refractivity contribution in [1.82, 2.24) is 5.32 Å². The highest BCUT2D eigenvalue weighted by Gasteiger charge is 2.10. The Kier molecular flexibility index (Phi) is 4.40. The predicted molar refractivity (Wildman–Crippen MR) is 78.7 cm³/mol. The lowest BCUT2D eigenvalue weighted by Crippen LogP contribution is -2.15. The van der Waals surface area contributed by atoms with E-state index in [9.17, 15) is 4.39 Å². The Labute approximate surface area is 117 Å². The van der Waals surface area contributed by atoms with Crippen LogP contribution in [0.2, 0.25) is 5.02 Å². The monoisotopic (exact) mass is 278 g/mol. The second-order valence-electron chi connectivity index (χ2n) is 4.34. The fraction of sp³-hybridized carbons (Fsp3) is 0.200. The van der Waals surface area contributed by atoms with Gasteiger partial charge >= 0.3 is 0 Å². The molecule has 2 aromatic carbocycles. The van der Waals surface area contributed by atoms with E-state index in [1.165, 1.54) is 12.1 Å². The molecule has 1 N–H and O–H groups in total. The van der Waals surface area contributed by atoms with Gasteiger partial charge in [-0.25, -0.2) is 4.39 Å². The van der Waals surface area contributed by atoms with Gasteiger partial charge in [0, 0.05) is 30.0 Å². The highest BCUT2D eigenvalue weighted by Crippen LogP contribution is 2.30. The van der Waals surface area contributed by atoms with Crippen molar-refractivity contribution in [3.63, 3.8) is 0 Å². The van der Waals surface area contributed by atoms with Crippen molar-refractivity contribution in [3.05, 3.63) is 58.9 Å². The minimum Gasteiger partial charge on any atom is -0.344 e. The smallest absolute Gasteiger partial charge is 0.125 e. The van der Waals surface area contributed by atoms with E-state index in [1.54, 1.807) is 6.07 Å². The fourth-order valence-corrected chi connectivity index (χ4v) is 2.18. The Morgan fingerprint density at radius 1 is 1.21 bits per heavy atom. The lowest BCUT2D eigenvalue weighted by Gasteiger charge is -2.23. The molecular formula is C15H16ClFN2. The number of hydrogen-bond donors (Lipinski definition) is 1. The first-order valence-corrected chi connectivity index (χ1v) is 6.42. The van der Waals surface area contributed by atoms with E-state index in [1.807, 2.05) is 43.3 Å². The van der Waals surface area contributed by atoms with Gasteiger partial charge in [-0.05, 0) is 42.9 Å². The zero-order chi connectivity index (χ0) is 13.8. The zero-order valence-electron chi connectivity index (χ0n) is 11.0. The third-order valence-corrected chi connectivity index (χ3v) is 3.21. The average Bonchev–Trinajstić information content (AvgIpc) is 2.40. The second kappa shape index (κ2) is 6.04. The van der Waals surface area contributed by atoms with E-state index < -0.39 is 0 Å². The van der Waals surface area contributed by atoms with E-state index in [-0.39, 0.29) is 5.82 Å². The molecule has 100 valence electrons. The summed E-state index contributed by atoms with van der Waals surface area (Å²) in [5, 5.41) is 3.78. The topological polar surface area (TPSA) is 15.3 Å².